The molecule has 116 valence electrons. The van der Waals surface area contributed by atoms with E-state index in [2.05, 4.69) is 64.1 Å². The van der Waals surface area contributed by atoms with Gasteiger partial charge in [-0.05, 0) is 40.0 Å². The van der Waals surface area contributed by atoms with Gasteiger partial charge < -0.3 is 0 Å². The van der Waals surface area contributed by atoms with Crippen molar-refractivity contribution in [2.75, 3.05) is 0 Å². The molecule has 1 aliphatic rings. The molecule has 5 heteroatoms. The van der Waals surface area contributed by atoms with Crippen molar-refractivity contribution in [2.45, 2.75) is 30.4 Å². The molecule has 0 spiro atoms. The Kier molecular flexibility index (Phi) is 4.11. The number of aromatic nitrogens is 4. The molecule has 1 heterocycles. The third-order valence-corrected chi connectivity index (χ3v) is 5.01. The van der Waals surface area contributed by atoms with Crippen molar-refractivity contribution in [1.29, 1.82) is 0 Å². The highest BCUT2D eigenvalue weighted by molar-refractivity contribution is 7.97. The minimum absolute atomic E-state index is 0.547. The lowest BCUT2D eigenvalue weighted by Gasteiger charge is -2.05. The minimum atomic E-state index is 0.547. The molecule has 1 fully saturated rings. The average molecular weight is 322 g/mol. The first kappa shape index (κ1) is 14.5. The lowest BCUT2D eigenvalue weighted by atomic mass is 10.0. The topological polar surface area (TPSA) is 43.6 Å². The van der Waals surface area contributed by atoms with Gasteiger partial charge in [0.25, 0.3) is 0 Å². The van der Waals surface area contributed by atoms with Crippen molar-refractivity contribution in [3.63, 3.8) is 0 Å². The average Bonchev–Trinajstić information content (AvgIpc) is 3.35. The fourth-order valence-electron chi connectivity index (χ4n) is 2.59. The summed E-state index contributed by atoms with van der Waals surface area (Å²) >= 11 is 1.86. The molecular weight excluding hydrogens is 304 g/mol. The summed E-state index contributed by atoms with van der Waals surface area (Å²) in [5.41, 5.74) is 3.85. The first-order valence-corrected chi connectivity index (χ1v) is 9.04. The second kappa shape index (κ2) is 6.54. The van der Waals surface area contributed by atoms with Gasteiger partial charge in [0.05, 0.1) is 11.8 Å². The van der Waals surface area contributed by atoms with E-state index in [1.54, 1.807) is 0 Å². The second-order valence-electron chi connectivity index (χ2n) is 5.83. The molecule has 0 saturated heterocycles. The largest absolute Gasteiger partial charge is 0.226 e. The fourth-order valence-corrected chi connectivity index (χ4v) is 3.50. The fraction of sp³-hybridized carbons (Fsp3) is 0.278. The van der Waals surface area contributed by atoms with E-state index in [1.165, 1.54) is 29.5 Å². The molecule has 0 bridgehead atoms. The Morgan fingerprint density at radius 2 is 1.65 bits per heavy atom. The zero-order valence-electron chi connectivity index (χ0n) is 12.8. The highest BCUT2D eigenvalue weighted by Gasteiger charge is 2.27. The molecule has 1 saturated carbocycles. The van der Waals surface area contributed by atoms with Crippen LogP contribution in [0.3, 0.4) is 0 Å². The van der Waals surface area contributed by atoms with Crippen LogP contribution >= 0.6 is 11.8 Å². The van der Waals surface area contributed by atoms with Crippen molar-refractivity contribution in [1.82, 2.24) is 20.2 Å². The van der Waals surface area contributed by atoms with Crippen LogP contribution in [0.2, 0.25) is 0 Å². The molecular formula is C18H18N4S. The van der Waals surface area contributed by atoms with Crippen molar-refractivity contribution in [3.05, 3.63) is 66.0 Å². The third kappa shape index (κ3) is 3.45. The monoisotopic (exact) mass is 322 g/mol. The predicted molar refractivity (Wildman–Crippen MR) is 93.0 cm³/mol. The molecule has 2 aromatic carbocycles. The zero-order valence-corrected chi connectivity index (χ0v) is 13.6. The molecule has 0 N–H and O–H groups in total. The van der Waals surface area contributed by atoms with Gasteiger partial charge in [-0.2, -0.15) is 0 Å². The van der Waals surface area contributed by atoms with E-state index in [9.17, 15) is 0 Å². The highest BCUT2D eigenvalue weighted by atomic mass is 32.2. The van der Waals surface area contributed by atoms with Gasteiger partial charge in [-0.3, -0.25) is 0 Å². The molecule has 0 aliphatic heterocycles. The van der Waals surface area contributed by atoms with Crippen LogP contribution in [0, 0.1) is 0 Å². The molecule has 0 atom stereocenters. The molecule has 1 aromatic heterocycles. The van der Waals surface area contributed by atoms with Crippen molar-refractivity contribution < 1.29 is 0 Å². The normalized spacial score (nSPS) is 14.1. The quantitative estimate of drug-likeness (QED) is 0.685. The van der Waals surface area contributed by atoms with E-state index < -0.39 is 0 Å². The molecule has 1 aliphatic carbocycles. The third-order valence-electron chi connectivity index (χ3n) is 4.01. The zero-order chi connectivity index (χ0) is 15.5. The van der Waals surface area contributed by atoms with Gasteiger partial charge in [0, 0.05) is 5.75 Å². The summed E-state index contributed by atoms with van der Waals surface area (Å²) in [6.45, 7) is 0. The van der Waals surface area contributed by atoms with E-state index in [0.717, 1.165) is 17.3 Å². The van der Waals surface area contributed by atoms with Crippen LogP contribution in [0.5, 0.6) is 0 Å². The molecule has 0 radical (unpaired) electrons. The Hall–Kier alpha value is -2.14. The summed E-state index contributed by atoms with van der Waals surface area (Å²) in [6, 6.07) is 19.8. The van der Waals surface area contributed by atoms with Gasteiger partial charge in [0.2, 0.25) is 0 Å². The number of tetrazole rings is 1. The van der Waals surface area contributed by atoms with E-state index in [1.807, 2.05) is 22.5 Å². The molecule has 4 rings (SSSR count). The van der Waals surface area contributed by atoms with Crippen LogP contribution in [0.25, 0.3) is 11.1 Å². The smallest absolute Gasteiger partial charge is 0.161 e. The Morgan fingerprint density at radius 1 is 0.913 bits per heavy atom. The summed E-state index contributed by atoms with van der Waals surface area (Å²) in [7, 11) is 0. The molecule has 0 unspecified atom stereocenters. The van der Waals surface area contributed by atoms with E-state index in [-0.39, 0.29) is 0 Å². The molecule has 0 amide bonds. The summed E-state index contributed by atoms with van der Waals surface area (Å²) in [4.78, 5) is 0. The predicted octanol–water partition coefficient (Wildman–Crippen LogP) is 4.11. The maximum atomic E-state index is 4.14. The molecule has 3 aromatic rings. The molecule has 4 nitrogen and oxygen atoms in total. The Morgan fingerprint density at radius 3 is 2.39 bits per heavy atom. The number of thioether (sulfide) groups is 1. The summed E-state index contributed by atoms with van der Waals surface area (Å²) < 4.78 is 1.99. The number of hydrogen-bond donors (Lipinski definition) is 0. The van der Waals surface area contributed by atoms with Crippen LogP contribution < -0.4 is 0 Å². The van der Waals surface area contributed by atoms with Crippen LogP contribution in [0.15, 0.2) is 54.6 Å². The highest BCUT2D eigenvalue weighted by Crippen LogP contribution is 2.35. The van der Waals surface area contributed by atoms with Gasteiger partial charge >= 0.3 is 0 Å². The minimum Gasteiger partial charge on any atom is -0.226 e. The van der Waals surface area contributed by atoms with Crippen LogP contribution in [-0.2, 0) is 11.5 Å². The standard InChI is InChI=1S/C18H18N4S/c1-2-4-15(5-3-1)16-8-6-14(7-9-16)12-23-13-18-19-20-21-22(18)17-10-11-17/h1-9,17H,10-13H2. The number of benzene rings is 2. The Balaban J connectivity index is 1.35. The van der Waals surface area contributed by atoms with E-state index >= 15 is 0 Å². The van der Waals surface area contributed by atoms with Gasteiger partial charge in [-0.1, -0.05) is 54.6 Å². The first-order chi connectivity index (χ1) is 11.4. The lowest BCUT2D eigenvalue weighted by Crippen LogP contribution is -2.02. The second-order valence-corrected chi connectivity index (χ2v) is 6.81. The molecule has 23 heavy (non-hydrogen) atoms. The number of hydrogen-bond acceptors (Lipinski definition) is 4. The van der Waals surface area contributed by atoms with Crippen molar-refractivity contribution in [3.8, 4) is 11.1 Å². The summed E-state index contributed by atoms with van der Waals surface area (Å²) in [5, 5.41) is 12.0. The van der Waals surface area contributed by atoms with Crippen molar-refractivity contribution in [2.24, 2.45) is 0 Å². The SMILES string of the molecule is c1ccc(-c2ccc(CSCc3nnnn3C3CC3)cc2)cc1. The van der Waals surface area contributed by atoms with Crippen molar-refractivity contribution >= 4 is 11.8 Å². The Labute approximate surface area is 139 Å². The van der Waals surface area contributed by atoms with Crippen LogP contribution in [0.1, 0.15) is 30.3 Å². The van der Waals surface area contributed by atoms with Crippen LogP contribution in [-0.4, -0.2) is 20.2 Å². The van der Waals surface area contributed by atoms with Gasteiger partial charge in [-0.15, -0.1) is 16.9 Å². The van der Waals surface area contributed by atoms with Gasteiger partial charge in [0.1, 0.15) is 0 Å². The maximum absolute atomic E-state index is 4.14. The summed E-state index contributed by atoms with van der Waals surface area (Å²) in [5.74, 6) is 2.84. The van der Waals surface area contributed by atoms with E-state index in [0.29, 0.717) is 6.04 Å². The maximum Gasteiger partial charge on any atom is 0.161 e. The van der Waals surface area contributed by atoms with Gasteiger partial charge in [0.15, 0.2) is 5.82 Å². The number of rotatable bonds is 6. The lowest BCUT2D eigenvalue weighted by molar-refractivity contribution is 0.593. The summed E-state index contributed by atoms with van der Waals surface area (Å²) in [6.07, 6.45) is 2.42. The van der Waals surface area contributed by atoms with Gasteiger partial charge in [-0.25, -0.2) is 4.68 Å². The Bertz CT molecular complexity index is 763. The number of nitrogens with zero attached hydrogens (tertiary/aromatic N) is 4. The van der Waals surface area contributed by atoms with Crippen LogP contribution in [0.4, 0.5) is 0 Å². The van der Waals surface area contributed by atoms with E-state index in [4.69, 9.17) is 0 Å². The first-order valence-electron chi connectivity index (χ1n) is 7.89.